The zero-order valence-corrected chi connectivity index (χ0v) is 17.9. The van der Waals surface area contributed by atoms with Crippen LogP contribution in [0.4, 0.5) is 8.78 Å². The highest BCUT2D eigenvalue weighted by Gasteiger charge is 2.25. The van der Waals surface area contributed by atoms with E-state index in [0.717, 1.165) is 23.4 Å². The molecule has 4 rings (SSSR count). The van der Waals surface area contributed by atoms with Gasteiger partial charge in [-0.05, 0) is 75.1 Å². The molecule has 158 valence electrons. The minimum absolute atomic E-state index is 0.00424. The van der Waals surface area contributed by atoms with Crippen LogP contribution in [-0.2, 0) is 12.5 Å². The fourth-order valence-electron chi connectivity index (χ4n) is 3.34. The van der Waals surface area contributed by atoms with Crippen LogP contribution in [0.3, 0.4) is 0 Å². The van der Waals surface area contributed by atoms with E-state index in [1.165, 1.54) is 29.5 Å². The zero-order chi connectivity index (χ0) is 22.2. The maximum absolute atomic E-state index is 13.6. The average molecular weight is 459 g/mol. The summed E-state index contributed by atoms with van der Waals surface area (Å²) in [6, 6.07) is 14.6. The summed E-state index contributed by atoms with van der Waals surface area (Å²) in [4.78, 5) is 11.6. The van der Waals surface area contributed by atoms with E-state index in [2.05, 4.69) is 0 Å². The van der Waals surface area contributed by atoms with Gasteiger partial charge >= 0.3 is 5.97 Å². The largest absolute Gasteiger partial charge is 0.489 e. The van der Waals surface area contributed by atoms with E-state index < -0.39 is 11.9 Å². The molecular formula is C24H17ClF2O3S. The topological polar surface area (TPSA) is 46.5 Å². The van der Waals surface area contributed by atoms with Gasteiger partial charge in [-0.15, -0.1) is 0 Å². The van der Waals surface area contributed by atoms with E-state index in [4.69, 9.17) is 16.3 Å². The molecule has 3 aromatic carbocycles. The number of ether oxygens (including phenoxy) is 1. The Morgan fingerprint density at radius 1 is 1.13 bits per heavy atom. The van der Waals surface area contributed by atoms with Crippen LogP contribution in [0.5, 0.6) is 5.75 Å². The SMILES string of the molecule is CC(F)(F)c1ccc(Cl)c(COc2ccc3c(-c4ccsc4)cc(C(=O)O)cc3c2)c1. The summed E-state index contributed by atoms with van der Waals surface area (Å²) in [5, 5.41) is 15.3. The van der Waals surface area contributed by atoms with Crippen LogP contribution in [0.15, 0.2) is 65.4 Å². The van der Waals surface area contributed by atoms with E-state index in [9.17, 15) is 18.7 Å². The number of carboxylic acid groups (broad SMARTS) is 1. The van der Waals surface area contributed by atoms with Gasteiger partial charge in [0.25, 0.3) is 5.92 Å². The van der Waals surface area contributed by atoms with Crippen molar-refractivity contribution in [1.82, 2.24) is 0 Å². The monoisotopic (exact) mass is 458 g/mol. The third kappa shape index (κ3) is 4.55. The van der Waals surface area contributed by atoms with E-state index in [-0.39, 0.29) is 17.7 Å². The second-order valence-corrected chi connectivity index (χ2v) is 8.39. The fourth-order valence-corrected chi connectivity index (χ4v) is 4.17. The number of carbonyl (C=O) groups is 1. The van der Waals surface area contributed by atoms with E-state index in [0.29, 0.717) is 21.7 Å². The Morgan fingerprint density at radius 3 is 2.61 bits per heavy atom. The van der Waals surface area contributed by atoms with Crippen molar-refractivity contribution < 1.29 is 23.4 Å². The molecular weight excluding hydrogens is 442 g/mol. The van der Waals surface area contributed by atoms with Gasteiger partial charge in [0, 0.05) is 23.1 Å². The molecule has 0 atom stereocenters. The molecule has 31 heavy (non-hydrogen) atoms. The summed E-state index contributed by atoms with van der Waals surface area (Å²) in [6.45, 7) is 0.833. The first-order valence-electron chi connectivity index (χ1n) is 9.35. The van der Waals surface area contributed by atoms with Crippen LogP contribution in [0.25, 0.3) is 21.9 Å². The number of hydrogen-bond donors (Lipinski definition) is 1. The number of hydrogen-bond acceptors (Lipinski definition) is 3. The van der Waals surface area contributed by atoms with Crippen molar-refractivity contribution in [1.29, 1.82) is 0 Å². The molecule has 0 amide bonds. The standard InChI is InChI=1S/C24H17ClF2O3S/c1-24(26,27)18-2-5-22(25)17(9-18)12-30-19-3-4-20-15(10-19)8-16(23(28)29)11-21(20)14-6-7-31-13-14/h2-11,13H,12H2,1H3,(H,28,29). The number of carboxylic acids is 1. The van der Waals surface area contributed by atoms with Crippen LogP contribution in [0.2, 0.25) is 5.02 Å². The van der Waals surface area contributed by atoms with Gasteiger partial charge in [0.05, 0.1) is 5.56 Å². The molecule has 1 aromatic heterocycles. The van der Waals surface area contributed by atoms with Gasteiger partial charge in [0.15, 0.2) is 0 Å². The summed E-state index contributed by atoms with van der Waals surface area (Å²) < 4.78 is 33.1. The molecule has 4 aromatic rings. The molecule has 0 saturated carbocycles. The molecule has 0 saturated heterocycles. The zero-order valence-electron chi connectivity index (χ0n) is 16.4. The van der Waals surface area contributed by atoms with Crippen molar-refractivity contribution in [2.45, 2.75) is 19.5 Å². The first-order chi connectivity index (χ1) is 14.7. The van der Waals surface area contributed by atoms with Crippen LogP contribution in [0.1, 0.15) is 28.4 Å². The highest BCUT2D eigenvalue weighted by Crippen LogP contribution is 2.34. The number of fused-ring (bicyclic) bond motifs is 1. The van der Waals surface area contributed by atoms with Crippen molar-refractivity contribution in [2.75, 3.05) is 0 Å². The minimum Gasteiger partial charge on any atom is -0.489 e. The minimum atomic E-state index is -2.98. The van der Waals surface area contributed by atoms with Crippen LogP contribution in [-0.4, -0.2) is 11.1 Å². The van der Waals surface area contributed by atoms with Gasteiger partial charge in [0.2, 0.25) is 0 Å². The number of thiophene rings is 1. The molecule has 0 aliphatic carbocycles. The Labute approximate surface area is 186 Å². The quantitative estimate of drug-likeness (QED) is 0.323. The van der Waals surface area contributed by atoms with E-state index in [1.807, 2.05) is 22.9 Å². The molecule has 0 bridgehead atoms. The van der Waals surface area contributed by atoms with Gasteiger partial charge < -0.3 is 9.84 Å². The Morgan fingerprint density at radius 2 is 1.94 bits per heavy atom. The highest BCUT2D eigenvalue weighted by molar-refractivity contribution is 7.08. The Bertz CT molecular complexity index is 1260. The molecule has 0 spiro atoms. The maximum atomic E-state index is 13.6. The van der Waals surface area contributed by atoms with Gasteiger partial charge in [0.1, 0.15) is 12.4 Å². The Hall–Kier alpha value is -2.96. The highest BCUT2D eigenvalue weighted by atomic mass is 35.5. The molecule has 0 aliphatic heterocycles. The molecule has 7 heteroatoms. The van der Waals surface area contributed by atoms with Crippen LogP contribution in [0, 0.1) is 0 Å². The second kappa shape index (κ2) is 8.29. The predicted octanol–water partition coefficient (Wildman–Crippen LogP) is 7.61. The van der Waals surface area contributed by atoms with Gasteiger partial charge in [-0.3, -0.25) is 0 Å². The lowest BCUT2D eigenvalue weighted by molar-refractivity contribution is 0.0173. The first kappa shape index (κ1) is 21.3. The lowest BCUT2D eigenvalue weighted by Gasteiger charge is -2.14. The van der Waals surface area contributed by atoms with E-state index >= 15 is 0 Å². The molecule has 0 radical (unpaired) electrons. The summed E-state index contributed by atoms with van der Waals surface area (Å²) in [5.41, 5.74) is 2.24. The summed E-state index contributed by atoms with van der Waals surface area (Å²) >= 11 is 7.68. The van der Waals surface area contributed by atoms with Crippen molar-refractivity contribution in [3.63, 3.8) is 0 Å². The average Bonchev–Trinajstić information content (AvgIpc) is 3.26. The lowest BCUT2D eigenvalue weighted by atomic mass is 9.97. The number of halogens is 3. The van der Waals surface area contributed by atoms with Crippen molar-refractivity contribution in [2.24, 2.45) is 0 Å². The normalized spacial score (nSPS) is 11.6. The predicted molar refractivity (Wildman–Crippen MR) is 120 cm³/mol. The molecule has 1 N–H and O–H groups in total. The van der Waals surface area contributed by atoms with Crippen LogP contribution >= 0.6 is 22.9 Å². The molecule has 1 heterocycles. The molecule has 3 nitrogen and oxygen atoms in total. The van der Waals surface area contributed by atoms with Crippen molar-refractivity contribution in [3.8, 4) is 16.9 Å². The molecule has 0 fully saturated rings. The Balaban J connectivity index is 1.68. The number of rotatable bonds is 6. The molecule has 0 unspecified atom stereocenters. The van der Waals surface area contributed by atoms with E-state index in [1.54, 1.807) is 24.3 Å². The Kier molecular flexibility index (Phi) is 5.69. The number of aromatic carboxylic acids is 1. The summed E-state index contributed by atoms with van der Waals surface area (Å²) in [7, 11) is 0. The summed E-state index contributed by atoms with van der Waals surface area (Å²) in [6.07, 6.45) is 0. The third-order valence-corrected chi connectivity index (χ3v) is 6.00. The van der Waals surface area contributed by atoms with Crippen LogP contribution < -0.4 is 4.74 Å². The lowest BCUT2D eigenvalue weighted by Crippen LogP contribution is -2.08. The first-order valence-corrected chi connectivity index (χ1v) is 10.7. The van der Waals surface area contributed by atoms with Gasteiger partial charge in [-0.2, -0.15) is 11.3 Å². The van der Waals surface area contributed by atoms with Gasteiger partial charge in [-0.1, -0.05) is 23.7 Å². The third-order valence-electron chi connectivity index (χ3n) is 4.95. The van der Waals surface area contributed by atoms with Gasteiger partial charge in [-0.25, -0.2) is 13.6 Å². The molecule has 0 aliphatic rings. The summed E-state index contributed by atoms with van der Waals surface area (Å²) in [5.74, 6) is -3.52. The smallest absolute Gasteiger partial charge is 0.335 e. The number of benzene rings is 3. The maximum Gasteiger partial charge on any atom is 0.335 e. The number of alkyl halides is 2. The fraction of sp³-hybridized carbons (Fsp3) is 0.125. The van der Waals surface area contributed by atoms with Crippen molar-refractivity contribution in [3.05, 3.63) is 87.1 Å². The second-order valence-electron chi connectivity index (χ2n) is 7.21. The van der Waals surface area contributed by atoms with Crippen molar-refractivity contribution >= 4 is 39.7 Å².